The summed E-state index contributed by atoms with van der Waals surface area (Å²) in [6, 6.07) is 3.66. The summed E-state index contributed by atoms with van der Waals surface area (Å²) in [6.07, 6.45) is 6.37. The summed E-state index contributed by atoms with van der Waals surface area (Å²) in [5.41, 5.74) is 5.38. The Kier molecular flexibility index (Phi) is 6.33. The van der Waals surface area contributed by atoms with Gasteiger partial charge in [0, 0.05) is 6.42 Å². The lowest BCUT2D eigenvalue weighted by molar-refractivity contribution is -0.121. The Morgan fingerprint density at radius 1 is 1.31 bits per heavy atom. The van der Waals surface area contributed by atoms with Crippen LogP contribution in [0.15, 0.2) is 22.8 Å². The molecule has 0 saturated carbocycles. The third kappa shape index (κ3) is 5.56. The first-order chi connectivity index (χ1) is 7.83. The fourth-order valence-electron chi connectivity index (χ4n) is 1.47. The number of hydrogen-bond acceptors (Lipinski definition) is 3. The first-order valence-electron chi connectivity index (χ1n) is 5.82. The van der Waals surface area contributed by atoms with E-state index in [1.807, 2.05) is 12.1 Å². The molecule has 1 rings (SSSR count). The number of nitrogens with two attached hydrogens (primary N) is 1. The number of unbranched alkanes of at least 4 members (excludes halogenated alkanes) is 3. The van der Waals surface area contributed by atoms with Gasteiger partial charge in [0.2, 0.25) is 5.91 Å². The van der Waals surface area contributed by atoms with Crippen molar-refractivity contribution in [3.05, 3.63) is 24.2 Å². The zero-order valence-electron chi connectivity index (χ0n) is 9.58. The summed E-state index contributed by atoms with van der Waals surface area (Å²) in [4.78, 5) is 11.4. The minimum absolute atomic E-state index is 0.0872. The molecule has 16 heavy (non-hydrogen) atoms. The third-order valence-electron chi connectivity index (χ3n) is 2.40. The Hall–Kier alpha value is -1.29. The first kappa shape index (κ1) is 12.8. The minimum atomic E-state index is 0.0872. The van der Waals surface area contributed by atoms with Gasteiger partial charge < -0.3 is 15.5 Å². The van der Waals surface area contributed by atoms with Crippen LogP contribution in [0.3, 0.4) is 0 Å². The van der Waals surface area contributed by atoms with Crippen LogP contribution in [-0.2, 0) is 11.3 Å². The normalized spacial score (nSPS) is 10.3. The fourth-order valence-corrected chi connectivity index (χ4v) is 1.47. The van der Waals surface area contributed by atoms with Crippen molar-refractivity contribution in [2.45, 2.75) is 38.6 Å². The van der Waals surface area contributed by atoms with Crippen molar-refractivity contribution >= 4 is 5.91 Å². The molecule has 0 aliphatic heterocycles. The van der Waals surface area contributed by atoms with Crippen LogP contribution in [0.2, 0.25) is 0 Å². The van der Waals surface area contributed by atoms with Gasteiger partial charge in [-0.25, -0.2) is 0 Å². The van der Waals surface area contributed by atoms with E-state index >= 15 is 0 Å². The molecule has 1 amide bonds. The molecular weight excluding hydrogens is 204 g/mol. The van der Waals surface area contributed by atoms with E-state index in [4.69, 9.17) is 10.2 Å². The molecule has 1 heterocycles. The van der Waals surface area contributed by atoms with Crippen molar-refractivity contribution in [2.24, 2.45) is 5.73 Å². The number of nitrogens with one attached hydrogen (secondary N) is 1. The van der Waals surface area contributed by atoms with Crippen LogP contribution in [-0.4, -0.2) is 12.5 Å². The number of amides is 1. The van der Waals surface area contributed by atoms with Crippen LogP contribution in [0.4, 0.5) is 0 Å². The Bertz CT molecular complexity index is 283. The van der Waals surface area contributed by atoms with Crippen LogP contribution >= 0.6 is 0 Å². The largest absolute Gasteiger partial charge is 0.467 e. The maximum absolute atomic E-state index is 11.4. The molecule has 90 valence electrons. The van der Waals surface area contributed by atoms with Crippen molar-refractivity contribution in [1.82, 2.24) is 5.32 Å². The highest BCUT2D eigenvalue weighted by Gasteiger charge is 2.02. The second-order valence-corrected chi connectivity index (χ2v) is 3.81. The Morgan fingerprint density at radius 2 is 2.12 bits per heavy atom. The van der Waals surface area contributed by atoms with Gasteiger partial charge in [0.05, 0.1) is 12.8 Å². The van der Waals surface area contributed by atoms with Gasteiger partial charge in [-0.2, -0.15) is 0 Å². The van der Waals surface area contributed by atoms with Gasteiger partial charge in [0.25, 0.3) is 0 Å². The third-order valence-corrected chi connectivity index (χ3v) is 2.40. The SMILES string of the molecule is NCCCCCCC(=O)NCc1ccco1. The van der Waals surface area contributed by atoms with E-state index in [1.54, 1.807) is 6.26 Å². The molecule has 0 spiro atoms. The predicted octanol–water partition coefficient (Wildman–Crippen LogP) is 1.80. The molecule has 0 fully saturated rings. The minimum Gasteiger partial charge on any atom is -0.467 e. The monoisotopic (exact) mass is 224 g/mol. The van der Waals surface area contributed by atoms with Crippen molar-refractivity contribution in [3.8, 4) is 0 Å². The molecule has 0 atom stereocenters. The molecule has 1 aromatic heterocycles. The van der Waals surface area contributed by atoms with Crippen LogP contribution in [0.5, 0.6) is 0 Å². The molecule has 1 aromatic rings. The molecule has 0 aliphatic carbocycles. The van der Waals surface area contributed by atoms with Crippen molar-refractivity contribution in [3.63, 3.8) is 0 Å². The standard InChI is InChI=1S/C12H20N2O2/c13-8-4-2-1-3-7-12(15)14-10-11-6-5-9-16-11/h5-6,9H,1-4,7-8,10,13H2,(H,14,15). The lowest BCUT2D eigenvalue weighted by Crippen LogP contribution is -2.21. The van der Waals surface area contributed by atoms with Crippen molar-refractivity contribution in [1.29, 1.82) is 0 Å². The summed E-state index contributed by atoms with van der Waals surface area (Å²) in [7, 11) is 0. The number of carbonyl (C=O) groups excluding carboxylic acids is 1. The molecular formula is C12H20N2O2. The van der Waals surface area contributed by atoms with E-state index in [0.717, 1.165) is 38.0 Å². The fraction of sp³-hybridized carbons (Fsp3) is 0.583. The molecule has 0 bridgehead atoms. The van der Waals surface area contributed by atoms with Crippen LogP contribution in [0.25, 0.3) is 0 Å². The second-order valence-electron chi connectivity index (χ2n) is 3.81. The number of hydrogen-bond donors (Lipinski definition) is 2. The molecule has 0 radical (unpaired) electrons. The molecule has 4 nitrogen and oxygen atoms in total. The highest BCUT2D eigenvalue weighted by Crippen LogP contribution is 2.03. The lowest BCUT2D eigenvalue weighted by atomic mass is 10.1. The predicted molar refractivity (Wildman–Crippen MR) is 62.7 cm³/mol. The van der Waals surface area contributed by atoms with Crippen LogP contribution < -0.4 is 11.1 Å². The lowest BCUT2D eigenvalue weighted by Gasteiger charge is -2.03. The van der Waals surface area contributed by atoms with E-state index in [-0.39, 0.29) is 5.91 Å². The number of rotatable bonds is 8. The van der Waals surface area contributed by atoms with Gasteiger partial charge in [0.15, 0.2) is 0 Å². The van der Waals surface area contributed by atoms with E-state index in [1.165, 1.54) is 0 Å². The Morgan fingerprint density at radius 3 is 2.81 bits per heavy atom. The summed E-state index contributed by atoms with van der Waals surface area (Å²) < 4.78 is 5.11. The van der Waals surface area contributed by atoms with Crippen molar-refractivity contribution in [2.75, 3.05) is 6.54 Å². The average Bonchev–Trinajstić information content (AvgIpc) is 2.79. The number of furan rings is 1. The van der Waals surface area contributed by atoms with E-state index < -0.39 is 0 Å². The highest BCUT2D eigenvalue weighted by atomic mass is 16.3. The summed E-state index contributed by atoms with van der Waals surface area (Å²) in [5.74, 6) is 0.876. The van der Waals surface area contributed by atoms with E-state index in [0.29, 0.717) is 13.0 Å². The topological polar surface area (TPSA) is 68.3 Å². The Balaban J connectivity index is 1.99. The number of carbonyl (C=O) groups is 1. The summed E-state index contributed by atoms with van der Waals surface area (Å²) in [5, 5.41) is 2.82. The molecule has 4 heteroatoms. The molecule has 0 saturated heterocycles. The maximum atomic E-state index is 11.4. The van der Waals surface area contributed by atoms with Crippen molar-refractivity contribution < 1.29 is 9.21 Å². The Labute approximate surface area is 96.2 Å². The molecule has 3 N–H and O–H groups in total. The van der Waals surface area contributed by atoms with Crippen LogP contribution in [0, 0.1) is 0 Å². The maximum Gasteiger partial charge on any atom is 0.220 e. The highest BCUT2D eigenvalue weighted by molar-refractivity contribution is 5.75. The quantitative estimate of drug-likeness (QED) is 0.662. The van der Waals surface area contributed by atoms with E-state index in [9.17, 15) is 4.79 Å². The van der Waals surface area contributed by atoms with Gasteiger partial charge in [-0.3, -0.25) is 4.79 Å². The van der Waals surface area contributed by atoms with Gasteiger partial charge in [-0.15, -0.1) is 0 Å². The first-order valence-corrected chi connectivity index (χ1v) is 5.82. The molecule has 0 aromatic carbocycles. The smallest absolute Gasteiger partial charge is 0.220 e. The molecule has 0 aliphatic rings. The average molecular weight is 224 g/mol. The summed E-state index contributed by atoms with van der Waals surface area (Å²) >= 11 is 0. The van der Waals surface area contributed by atoms with E-state index in [2.05, 4.69) is 5.32 Å². The van der Waals surface area contributed by atoms with Gasteiger partial charge in [-0.05, 0) is 31.5 Å². The van der Waals surface area contributed by atoms with Gasteiger partial charge in [-0.1, -0.05) is 12.8 Å². The van der Waals surface area contributed by atoms with Crippen LogP contribution in [0.1, 0.15) is 37.9 Å². The summed E-state index contributed by atoms with van der Waals surface area (Å²) in [6.45, 7) is 1.22. The second kappa shape index (κ2) is 7.93. The zero-order valence-corrected chi connectivity index (χ0v) is 9.58. The molecule has 0 unspecified atom stereocenters. The zero-order chi connectivity index (χ0) is 11.6. The van der Waals surface area contributed by atoms with Gasteiger partial charge in [0.1, 0.15) is 5.76 Å². The van der Waals surface area contributed by atoms with Gasteiger partial charge >= 0.3 is 0 Å².